The van der Waals surface area contributed by atoms with Gasteiger partial charge in [0.15, 0.2) is 5.82 Å². The Morgan fingerprint density at radius 3 is 2.68 bits per heavy atom. The van der Waals surface area contributed by atoms with Crippen molar-refractivity contribution in [3.63, 3.8) is 0 Å². The molecule has 4 rings (SSSR count). The van der Waals surface area contributed by atoms with Crippen LogP contribution in [0.5, 0.6) is 5.75 Å². The molecule has 0 radical (unpaired) electrons. The first-order valence-electron chi connectivity index (χ1n) is 8.84. The first kappa shape index (κ1) is 18.4. The van der Waals surface area contributed by atoms with Crippen molar-refractivity contribution in [2.45, 2.75) is 25.2 Å². The fourth-order valence-corrected chi connectivity index (χ4v) is 2.95. The van der Waals surface area contributed by atoms with Gasteiger partial charge in [0.2, 0.25) is 0 Å². The number of aromatic nitrogens is 3. The molecular weight excluding hydrogens is 371 g/mol. The van der Waals surface area contributed by atoms with Gasteiger partial charge in [0.05, 0.1) is 22.5 Å². The third kappa shape index (κ3) is 3.84. The Labute approximate surface area is 159 Å². The van der Waals surface area contributed by atoms with E-state index in [1.165, 1.54) is 6.07 Å². The zero-order chi connectivity index (χ0) is 19.7. The van der Waals surface area contributed by atoms with Crippen molar-refractivity contribution in [1.29, 1.82) is 0 Å². The summed E-state index contributed by atoms with van der Waals surface area (Å²) in [6.07, 6.45) is -4.26. The number of nitrogens with zero attached hydrogens (tertiary/aromatic N) is 3. The van der Waals surface area contributed by atoms with Crippen molar-refractivity contribution in [2.75, 3.05) is 18.4 Å². The molecule has 2 N–H and O–H groups in total. The summed E-state index contributed by atoms with van der Waals surface area (Å²) in [5.41, 5.74) is 0.427. The molecule has 28 heavy (non-hydrogen) atoms. The van der Waals surface area contributed by atoms with Gasteiger partial charge in [-0.25, -0.2) is 0 Å². The van der Waals surface area contributed by atoms with Crippen LogP contribution in [0.25, 0.3) is 10.9 Å². The van der Waals surface area contributed by atoms with Gasteiger partial charge in [0, 0.05) is 13.1 Å². The molecular formula is C19H18F3N5O. The minimum atomic E-state index is -4.39. The lowest BCUT2D eigenvalue weighted by Gasteiger charge is -2.27. The predicted molar refractivity (Wildman–Crippen MR) is 98.1 cm³/mol. The molecule has 6 nitrogen and oxygen atoms in total. The number of nitrogens with one attached hydrogen (secondary N) is 2. The molecule has 2 aromatic carbocycles. The van der Waals surface area contributed by atoms with Crippen LogP contribution in [0.15, 0.2) is 42.5 Å². The number of alkyl halides is 3. The van der Waals surface area contributed by atoms with Gasteiger partial charge in [-0.1, -0.05) is 12.1 Å². The summed E-state index contributed by atoms with van der Waals surface area (Å²) in [6.45, 7) is 3.36. The van der Waals surface area contributed by atoms with Crippen LogP contribution in [-0.4, -0.2) is 34.6 Å². The van der Waals surface area contributed by atoms with E-state index in [4.69, 9.17) is 4.74 Å². The quantitative estimate of drug-likeness (QED) is 0.695. The maximum absolute atomic E-state index is 13.0. The third-order valence-electron chi connectivity index (χ3n) is 4.63. The zero-order valence-electron chi connectivity index (χ0n) is 15.0. The van der Waals surface area contributed by atoms with Crippen molar-refractivity contribution in [2.24, 2.45) is 0 Å². The largest absolute Gasteiger partial charge is 0.488 e. The molecule has 9 heteroatoms. The Bertz CT molecular complexity index is 991. The molecule has 1 fully saturated rings. The van der Waals surface area contributed by atoms with Gasteiger partial charge in [0.1, 0.15) is 11.9 Å². The van der Waals surface area contributed by atoms with Crippen molar-refractivity contribution in [3.8, 4) is 5.75 Å². The predicted octanol–water partition coefficient (Wildman–Crippen LogP) is 3.57. The Morgan fingerprint density at radius 2 is 1.96 bits per heavy atom. The summed E-state index contributed by atoms with van der Waals surface area (Å²) in [6, 6.07) is 10.2. The minimum absolute atomic E-state index is 0.126. The molecule has 0 aliphatic carbocycles. The van der Waals surface area contributed by atoms with Crippen LogP contribution in [0.4, 0.5) is 19.0 Å². The monoisotopic (exact) mass is 389 g/mol. The molecule has 1 atom stereocenters. The van der Waals surface area contributed by atoms with E-state index < -0.39 is 17.8 Å². The lowest BCUT2D eigenvalue weighted by atomic mass is 10.0. The van der Waals surface area contributed by atoms with Crippen molar-refractivity contribution < 1.29 is 17.9 Å². The fourth-order valence-electron chi connectivity index (χ4n) is 2.95. The summed E-state index contributed by atoms with van der Waals surface area (Å²) in [7, 11) is 0. The van der Waals surface area contributed by atoms with Gasteiger partial charge in [-0.15, -0.1) is 10.2 Å². The second kappa shape index (κ2) is 7.23. The Balaban J connectivity index is 1.60. The van der Waals surface area contributed by atoms with Crippen LogP contribution in [0, 0.1) is 0 Å². The normalized spacial score (nSPS) is 15.9. The van der Waals surface area contributed by atoms with Gasteiger partial charge in [-0.05, 0) is 48.0 Å². The third-order valence-corrected chi connectivity index (χ3v) is 4.63. The molecule has 1 aliphatic heterocycles. The topological polar surface area (TPSA) is 72.0 Å². The van der Waals surface area contributed by atoms with Gasteiger partial charge in [-0.2, -0.15) is 13.2 Å². The summed E-state index contributed by atoms with van der Waals surface area (Å²) < 4.78 is 44.8. The van der Waals surface area contributed by atoms with Crippen LogP contribution < -0.4 is 15.4 Å². The van der Waals surface area contributed by atoms with E-state index >= 15 is 0 Å². The molecule has 0 unspecified atom stereocenters. The van der Waals surface area contributed by atoms with E-state index in [0.717, 1.165) is 25.2 Å². The van der Waals surface area contributed by atoms with E-state index in [2.05, 4.69) is 26.0 Å². The van der Waals surface area contributed by atoms with Gasteiger partial charge in [-0.3, -0.25) is 0 Å². The van der Waals surface area contributed by atoms with Gasteiger partial charge in [0.25, 0.3) is 0 Å². The second-order valence-electron chi connectivity index (χ2n) is 6.70. The van der Waals surface area contributed by atoms with E-state index in [-0.39, 0.29) is 6.10 Å². The second-order valence-corrected chi connectivity index (χ2v) is 6.70. The van der Waals surface area contributed by atoms with E-state index in [0.29, 0.717) is 28.0 Å². The van der Waals surface area contributed by atoms with Crippen molar-refractivity contribution in [1.82, 2.24) is 20.7 Å². The molecule has 146 valence electrons. The highest BCUT2D eigenvalue weighted by Gasteiger charge is 2.30. The highest BCUT2D eigenvalue weighted by molar-refractivity contribution is 5.89. The van der Waals surface area contributed by atoms with E-state index in [1.54, 1.807) is 19.1 Å². The number of rotatable bonds is 5. The average molecular weight is 389 g/mol. The smallest absolute Gasteiger partial charge is 0.416 e. The number of anilines is 1. The Hall–Kier alpha value is -2.94. The highest BCUT2D eigenvalue weighted by atomic mass is 19.4. The summed E-state index contributed by atoms with van der Waals surface area (Å²) in [5, 5.41) is 18.8. The number of halogens is 3. The molecule has 2 heterocycles. The van der Waals surface area contributed by atoms with Crippen molar-refractivity contribution >= 4 is 16.7 Å². The highest BCUT2D eigenvalue weighted by Crippen LogP contribution is 2.32. The molecule has 0 amide bonds. The summed E-state index contributed by atoms with van der Waals surface area (Å²) >= 11 is 0. The molecule has 0 saturated carbocycles. The standard InChI is InChI=1S/C19H18F3N5O/c1-11(12-3-2-4-13(7-12)19(20,21)22)24-18-16-8-14(28-15-9-23-10-15)5-6-17(16)25-27-26-18/h2-8,11,15,23H,9-10H2,1H3,(H,24,25,26)/t11-/m1/s1. The first-order valence-corrected chi connectivity index (χ1v) is 8.84. The summed E-state index contributed by atoms with van der Waals surface area (Å²) in [5.74, 6) is 1.12. The van der Waals surface area contributed by atoms with Crippen LogP contribution in [0.2, 0.25) is 0 Å². The van der Waals surface area contributed by atoms with Crippen molar-refractivity contribution in [3.05, 3.63) is 53.6 Å². The Kier molecular flexibility index (Phi) is 4.76. The number of benzene rings is 2. The zero-order valence-corrected chi connectivity index (χ0v) is 15.0. The van der Waals surface area contributed by atoms with E-state index in [9.17, 15) is 13.2 Å². The molecule has 0 bridgehead atoms. The maximum Gasteiger partial charge on any atom is 0.416 e. The molecule has 1 aliphatic rings. The van der Waals surface area contributed by atoms with Crippen LogP contribution in [0.1, 0.15) is 24.1 Å². The SMILES string of the molecule is C[C@@H](Nc1nnnc2ccc(OC3CNC3)cc12)c1cccc(C(F)(F)F)c1. The van der Waals surface area contributed by atoms with Crippen LogP contribution >= 0.6 is 0 Å². The average Bonchev–Trinajstić information content (AvgIpc) is 2.64. The minimum Gasteiger partial charge on any atom is -0.488 e. The van der Waals surface area contributed by atoms with E-state index in [1.807, 2.05) is 12.1 Å². The fraction of sp³-hybridized carbons (Fsp3) is 0.316. The molecule has 0 spiro atoms. The molecule has 3 aromatic rings. The number of hydrogen-bond acceptors (Lipinski definition) is 6. The number of hydrogen-bond donors (Lipinski definition) is 2. The first-order chi connectivity index (χ1) is 13.4. The lowest BCUT2D eigenvalue weighted by molar-refractivity contribution is -0.137. The van der Waals surface area contributed by atoms with Gasteiger partial charge < -0.3 is 15.4 Å². The summed E-state index contributed by atoms with van der Waals surface area (Å²) in [4.78, 5) is 0. The molecule has 1 aromatic heterocycles. The number of fused-ring (bicyclic) bond motifs is 1. The maximum atomic E-state index is 13.0. The number of ether oxygens (including phenoxy) is 1. The van der Waals surface area contributed by atoms with Gasteiger partial charge >= 0.3 is 6.18 Å². The Morgan fingerprint density at radius 1 is 1.14 bits per heavy atom. The lowest BCUT2D eigenvalue weighted by Crippen LogP contribution is -2.50. The van der Waals surface area contributed by atoms with Crippen LogP contribution in [0.3, 0.4) is 0 Å². The molecule has 1 saturated heterocycles. The van der Waals surface area contributed by atoms with Crippen LogP contribution in [-0.2, 0) is 6.18 Å².